The summed E-state index contributed by atoms with van der Waals surface area (Å²) in [5.41, 5.74) is 1.20. The minimum absolute atomic E-state index is 0.154. The molecule has 1 amide bonds. The first-order chi connectivity index (χ1) is 12.4. The summed E-state index contributed by atoms with van der Waals surface area (Å²) in [6.45, 7) is 2.20. The quantitative estimate of drug-likeness (QED) is 0.749. The zero-order chi connectivity index (χ0) is 18.7. The summed E-state index contributed by atoms with van der Waals surface area (Å²) in [5.74, 6) is -0.426. The van der Waals surface area contributed by atoms with Gasteiger partial charge >= 0.3 is 6.18 Å². The van der Waals surface area contributed by atoms with E-state index < -0.39 is 17.6 Å². The van der Waals surface area contributed by atoms with Crippen molar-refractivity contribution in [1.82, 2.24) is 14.7 Å². The van der Waals surface area contributed by atoms with Crippen molar-refractivity contribution >= 4 is 11.6 Å². The van der Waals surface area contributed by atoms with E-state index in [4.69, 9.17) is 0 Å². The molecule has 7 heteroatoms. The van der Waals surface area contributed by atoms with Crippen LogP contribution in [-0.2, 0) is 19.0 Å². The summed E-state index contributed by atoms with van der Waals surface area (Å²) < 4.78 is 40.2. The van der Waals surface area contributed by atoms with Crippen LogP contribution >= 0.6 is 0 Å². The number of halogens is 3. The molecule has 26 heavy (non-hydrogen) atoms. The van der Waals surface area contributed by atoms with Gasteiger partial charge in [-0.2, -0.15) is 13.2 Å². The van der Waals surface area contributed by atoms with Crippen LogP contribution in [0.25, 0.3) is 5.65 Å². The number of aromatic nitrogens is 2. The number of hydrogen-bond donors (Lipinski definition) is 1. The van der Waals surface area contributed by atoms with Gasteiger partial charge in [-0.1, -0.05) is 37.3 Å². The van der Waals surface area contributed by atoms with Gasteiger partial charge in [-0.15, -0.1) is 0 Å². The lowest BCUT2D eigenvalue weighted by molar-refractivity contribution is -0.137. The lowest BCUT2D eigenvalue weighted by atomic mass is 10.1. The largest absolute Gasteiger partial charge is 0.417 e. The number of nitrogens with zero attached hydrogens (tertiary/aromatic N) is 2. The Bertz CT molecular complexity index is 917. The van der Waals surface area contributed by atoms with Gasteiger partial charge in [0.05, 0.1) is 11.3 Å². The van der Waals surface area contributed by atoms with E-state index >= 15 is 0 Å². The van der Waals surface area contributed by atoms with Crippen LogP contribution in [0.2, 0.25) is 0 Å². The fraction of sp³-hybridized carbons (Fsp3) is 0.263. The molecule has 0 saturated carbocycles. The van der Waals surface area contributed by atoms with Crippen LogP contribution in [0.4, 0.5) is 13.2 Å². The molecule has 1 aromatic carbocycles. The number of hydrogen-bond acceptors (Lipinski definition) is 2. The number of alkyl halides is 3. The minimum Gasteiger partial charge on any atom is -0.350 e. The number of carbonyl (C=O) groups excluding carboxylic acids is 1. The van der Waals surface area contributed by atoms with Gasteiger partial charge in [0.1, 0.15) is 11.3 Å². The Morgan fingerprint density at radius 1 is 1.15 bits per heavy atom. The number of pyridine rings is 1. The molecular weight excluding hydrogens is 343 g/mol. The molecule has 2 aromatic heterocycles. The topological polar surface area (TPSA) is 46.4 Å². The first kappa shape index (κ1) is 18.0. The van der Waals surface area contributed by atoms with Crippen LogP contribution in [0.1, 0.15) is 34.2 Å². The second kappa shape index (κ2) is 7.19. The number of nitrogens with one attached hydrogen (secondary N) is 1. The smallest absolute Gasteiger partial charge is 0.350 e. The highest BCUT2D eigenvalue weighted by Crippen LogP contribution is 2.29. The number of imidazole rings is 1. The number of rotatable bonds is 5. The van der Waals surface area contributed by atoms with Crippen molar-refractivity contribution < 1.29 is 18.0 Å². The maximum atomic E-state index is 13.0. The molecule has 0 bridgehead atoms. The maximum absolute atomic E-state index is 13.0. The molecule has 0 aliphatic carbocycles. The van der Waals surface area contributed by atoms with Crippen LogP contribution in [0.3, 0.4) is 0 Å². The molecule has 0 atom stereocenters. The first-order valence-electron chi connectivity index (χ1n) is 8.30. The summed E-state index contributed by atoms with van der Waals surface area (Å²) in [6.07, 6.45) is -2.47. The number of aryl methyl sites for hydroxylation is 1. The fourth-order valence-electron chi connectivity index (χ4n) is 2.80. The predicted molar refractivity (Wildman–Crippen MR) is 92.1 cm³/mol. The average Bonchev–Trinajstić information content (AvgIpc) is 2.99. The highest BCUT2D eigenvalue weighted by molar-refractivity contribution is 5.94. The van der Waals surface area contributed by atoms with E-state index in [9.17, 15) is 18.0 Å². The number of benzene rings is 1. The molecule has 1 N–H and O–H groups in total. The van der Waals surface area contributed by atoms with Crippen molar-refractivity contribution in [3.05, 3.63) is 71.2 Å². The summed E-state index contributed by atoms with van der Waals surface area (Å²) in [4.78, 5) is 16.9. The monoisotopic (exact) mass is 361 g/mol. The Kier molecular flexibility index (Phi) is 4.97. The van der Waals surface area contributed by atoms with Crippen LogP contribution in [0.5, 0.6) is 0 Å². The van der Waals surface area contributed by atoms with E-state index in [1.54, 1.807) is 0 Å². The SMILES string of the molecule is CCc1nc2ccc(C(F)(F)F)cn2c1C(=O)NCCc1ccccc1. The summed E-state index contributed by atoms with van der Waals surface area (Å²) in [7, 11) is 0. The van der Waals surface area contributed by atoms with E-state index in [0.717, 1.165) is 17.8 Å². The van der Waals surface area contributed by atoms with Crippen molar-refractivity contribution in [3.63, 3.8) is 0 Å². The van der Waals surface area contributed by atoms with Crippen LogP contribution in [0, 0.1) is 0 Å². The van der Waals surface area contributed by atoms with E-state index in [1.807, 2.05) is 37.3 Å². The molecule has 2 heterocycles. The van der Waals surface area contributed by atoms with Crippen molar-refractivity contribution in [2.75, 3.05) is 6.54 Å². The van der Waals surface area contributed by atoms with Gasteiger partial charge in [-0.3, -0.25) is 9.20 Å². The molecule has 0 aliphatic rings. The minimum atomic E-state index is -4.48. The van der Waals surface area contributed by atoms with Crippen molar-refractivity contribution in [1.29, 1.82) is 0 Å². The van der Waals surface area contributed by atoms with Gasteiger partial charge in [0.15, 0.2) is 0 Å². The summed E-state index contributed by atoms with van der Waals surface area (Å²) in [6, 6.07) is 11.9. The Morgan fingerprint density at radius 3 is 2.54 bits per heavy atom. The third-order valence-corrected chi connectivity index (χ3v) is 4.11. The van der Waals surface area contributed by atoms with Gasteiger partial charge in [0.2, 0.25) is 0 Å². The van der Waals surface area contributed by atoms with Crippen LogP contribution in [-0.4, -0.2) is 21.8 Å². The molecule has 3 rings (SSSR count). The normalized spacial score (nSPS) is 11.7. The van der Waals surface area contributed by atoms with Gasteiger partial charge in [0.25, 0.3) is 5.91 Å². The third kappa shape index (κ3) is 3.71. The molecular formula is C19H18F3N3O. The number of fused-ring (bicyclic) bond motifs is 1. The highest BCUT2D eigenvalue weighted by Gasteiger charge is 2.31. The van der Waals surface area contributed by atoms with Gasteiger partial charge in [-0.25, -0.2) is 4.98 Å². The molecule has 0 aliphatic heterocycles. The molecule has 0 fully saturated rings. The standard InChI is InChI=1S/C19H18F3N3O/c1-2-15-17(18(26)23-11-10-13-6-4-3-5-7-13)25-12-14(19(20,21)22)8-9-16(25)24-15/h3-9,12H,2,10-11H2,1H3,(H,23,26). The molecule has 0 unspecified atom stereocenters. The van der Waals surface area contributed by atoms with E-state index in [-0.39, 0.29) is 5.69 Å². The maximum Gasteiger partial charge on any atom is 0.417 e. The molecule has 0 spiro atoms. The van der Waals surface area contributed by atoms with E-state index in [2.05, 4.69) is 10.3 Å². The predicted octanol–water partition coefficient (Wildman–Crippen LogP) is 3.89. The zero-order valence-electron chi connectivity index (χ0n) is 14.2. The molecule has 0 saturated heterocycles. The third-order valence-electron chi connectivity index (χ3n) is 4.11. The molecule has 136 valence electrons. The summed E-state index contributed by atoms with van der Waals surface area (Å²) in [5, 5.41) is 2.78. The summed E-state index contributed by atoms with van der Waals surface area (Å²) >= 11 is 0. The lowest BCUT2D eigenvalue weighted by Gasteiger charge is -2.09. The first-order valence-corrected chi connectivity index (χ1v) is 8.30. The number of amides is 1. The Hall–Kier alpha value is -2.83. The van der Waals surface area contributed by atoms with Crippen molar-refractivity contribution in [3.8, 4) is 0 Å². The van der Waals surface area contributed by atoms with Gasteiger partial charge in [0, 0.05) is 12.7 Å². The molecule has 4 nitrogen and oxygen atoms in total. The fourth-order valence-corrected chi connectivity index (χ4v) is 2.80. The second-order valence-electron chi connectivity index (χ2n) is 5.90. The van der Waals surface area contributed by atoms with Crippen LogP contribution in [0.15, 0.2) is 48.7 Å². The number of carbonyl (C=O) groups is 1. The Morgan fingerprint density at radius 2 is 1.88 bits per heavy atom. The second-order valence-corrected chi connectivity index (χ2v) is 5.90. The van der Waals surface area contributed by atoms with Gasteiger partial charge < -0.3 is 5.32 Å². The van der Waals surface area contributed by atoms with Gasteiger partial charge in [-0.05, 0) is 30.5 Å². The van der Waals surface area contributed by atoms with Crippen molar-refractivity contribution in [2.24, 2.45) is 0 Å². The van der Waals surface area contributed by atoms with Crippen LogP contribution < -0.4 is 5.32 Å². The highest BCUT2D eigenvalue weighted by atomic mass is 19.4. The Balaban J connectivity index is 1.85. The van der Waals surface area contributed by atoms with E-state index in [1.165, 1.54) is 10.5 Å². The van der Waals surface area contributed by atoms with Crippen molar-refractivity contribution in [2.45, 2.75) is 25.9 Å². The lowest BCUT2D eigenvalue weighted by Crippen LogP contribution is -2.28. The Labute approximate surface area is 148 Å². The molecule has 0 radical (unpaired) electrons. The van der Waals surface area contributed by atoms with E-state index in [0.29, 0.717) is 30.7 Å². The molecule has 3 aromatic rings. The zero-order valence-corrected chi connectivity index (χ0v) is 14.2. The average molecular weight is 361 g/mol.